The fraction of sp³-hybridized carbons (Fsp3) is 0.172. The lowest BCUT2D eigenvalue weighted by Gasteiger charge is -2.24. The summed E-state index contributed by atoms with van der Waals surface area (Å²) in [5, 5.41) is 15.6. The van der Waals surface area contributed by atoms with Gasteiger partial charge >= 0.3 is 0 Å². The highest BCUT2D eigenvalue weighted by Gasteiger charge is 2.25. The summed E-state index contributed by atoms with van der Waals surface area (Å²) in [5.74, 6) is 1.54. The Hall–Kier alpha value is -4.96. The maximum atomic E-state index is 13.6. The van der Waals surface area contributed by atoms with Gasteiger partial charge in [-0.25, -0.2) is 15.0 Å². The van der Waals surface area contributed by atoms with Gasteiger partial charge in [0.05, 0.1) is 44.2 Å². The number of aliphatic hydroxyl groups is 1. The van der Waals surface area contributed by atoms with E-state index in [-0.39, 0.29) is 18.2 Å². The molecule has 194 valence electrons. The molecule has 0 saturated heterocycles. The van der Waals surface area contributed by atoms with E-state index in [1.165, 1.54) is 11.0 Å². The van der Waals surface area contributed by atoms with Gasteiger partial charge in [-0.3, -0.25) is 9.79 Å². The first-order valence-electron chi connectivity index (χ1n) is 12.3. The van der Waals surface area contributed by atoms with Crippen molar-refractivity contribution >= 4 is 16.5 Å². The summed E-state index contributed by atoms with van der Waals surface area (Å²) in [4.78, 5) is 31.0. The number of methoxy groups -OCH3 is 2. The fourth-order valence-electron chi connectivity index (χ4n) is 4.90. The molecule has 2 aromatic carbocycles. The second-order valence-corrected chi connectivity index (χ2v) is 9.04. The van der Waals surface area contributed by atoms with E-state index in [2.05, 4.69) is 20.1 Å². The van der Waals surface area contributed by atoms with E-state index in [1.807, 2.05) is 30.3 Å². The van der Waals surface area contributed by atoms with Crippen LogP contribution in [0.3, 0.4) is 0 Å². The topological polar surface area (TPSA) is 125 Å². The molecular formula is C29H24N6O4. The van der Waals surface area contributed by atoms with Gasteiger partial charge in [-0.2, -0.15) is 9.78 Å². The summed E-state index contributed by atoms with van der Waals surface area (Å²) in [5.41, 5.74) is 4.55. The van der Waals surface area contributed by atoms with Crippen molar-refractivity contribution in [1.29, 1.82) is 0 Å². The van der Waals surface area contributed by atoms with Crippen molar-refractivity contribution in [2.45, 2.75) is 12.5 Å². The van der Waals surface area contributed by atoms with Gasteiger partial charge in [-0.15, -0.1) is 0 Å². The van der Waals surface area contributed by atoms with Gasteiger partial charge in [-0.05, 0) is 47.9 Å². The van der Waals surface area contributed by atoms with Gasteiger partial charge in [0, 0.05) is 40.7 Å². The molecule has 0 amide bonds. The van der Waals surface area contributed by atoms with Crippen LogP contribution in [0.4, 0.5) is 0 Å². The van der Waals surface area contributed by atoms with Crippen LogP contribution in [0.25, 0.3) is 27.7 Å². The van der Waals surface area contributed by atoms with E-state index in [0.29, 0.717) is 40.2 Å². The highest BCUT2D eigenvalue weighted by molar-refractivity contribution is 6.15. The van der Waals surface area contributed by atoms with Crippen LogP contribution in [-0.2, 0) is 6.42 Å². The molecule has 1 aliphatic rings. The van der Waals surface area contributed by atoms with Crippen molar-refractivity contribution < 1.29 is 14.6 Å². The zero-order valence-corrected chi connectivity index (χ0v) is 21.3. The predicted molar refractivity (Wildman–Crippen MR) is 146 cm³/mol. The van der Waals surface area contributed by atoms with Crippen molar-refractivity contribution in [3.63, 3.8) is 0 Å². The summed E-state index contributed by atoms with van der Waals surface area (Å²) in [6, 6.07) is 12.6. The zero-order valence-electron chi connectivity index (χ0n) is 21.3. The molecule has 0 radical (unpaired) electrons. The third-order valence-electron chi connectivity index (χ3n) is 6.78. The molecule has 3 aromatic heterocycles. The molecule has 6 rings (SSSR count). The van der Waals surface area contributed by atoms with Crippen LogP contribution in [0, 0.1) is 0 Å². The van der Waals surface area contributed by atoms with Gasteiger partial charge in [-0.1, -0.05) is 12.1 Å². The first kappa shape index (κ1) is 24.4. The average molecular weight is 521 g/mol. The van der Waals surface area contributed by atoms with Gasteiger partial charge < -0.3 is 14.6 Å². The second-order valence-electron chi connectivity index (χ2n) is 9.04. The minimum Gasteiger partial charge on any atom is -0.493 e. The predicted octanol–water partition coefficient (Wildman–Crippen LogP) is 3.01. The van der Waals surface area contributed by atoms with Gasteiger partial charge in [0.2, 0.25) is 0 Å². The van der Waals surface area contributed by atoms with Crippen LogP contribution in [0.2, 0.25) is 0 Å². The molecule has 5 aromatic rings. The Labute approximate surface area is 223 Å². The average Bonchev–Trinajstić information content (AvgIpc) is 3.00. The number of ether oxygens (including phenoxy) is 2. The number of pyridine rings is 1. The highest BCUT2D eigenvalue weighted by Crippen LogP contribution is 2.35. The summed E-state index contributed by atoms with van der Waals surface area (Å²) >= 11 is 0. The molecule has 0 spiro atoms. The smallest absolute Gasteiger partial charge is 0.280 e. The molecule has 0 unspecified atom stereocenters. The van der Waals surface area contributed by atoms with Gasteiger partial charge in [0.25, 0.3) is 5.56 Å². The molecule has 10 heteroatoms. The third kappa shape index (κ3) is 4.30. The van der Waals surface area contributed by atoms with Crippen LogP contribution < -0.4 is 15.0 Å². The number of nitrogens with zero attached hydrogens (tertiary/aromatic N) is 6. The van der Waals surface area contributed by atoms with Crippen molar-refractivity contribution in [3.8, 4) is 28.4 Å². The molecule has 0 aliphatic carbocycles. The highest BCUT2D eigenvalue weighted by atomic mass is 16.5. The largest absolute Gasteiger partial charge is 0.493 e. The maximum absolute atomic E-state index is 13.6. The van der Waals surface area contributed by atoms with Crippen LogP contribution >= 0.6 is 0 Å². The maximum Gasteiger partial charge on any atom is 0.280 e. The van der Waals surface area contributed by atoms with Crippen molar-refractivity contribution in [3.05, 3.63) is 101 Å². The van der Waals surface area contributed by atoms with Crippen molar-refractivity contribution in [1.82, 2.24) is 24.7 Å². The molecule has 0 bridgehead atoms. The first-order chi connectivity index (χ1) is 19.1. The van der Waals surface area contributed by atoms with E-state index in [1.54, 1.807) is 51.1 Å². The minimum atomic E-state index is -0.316. The zero-order chi connectivity index (χ0) is 26.9. The number of hydrogen-bond donors (Lipinski definition) is 1. The molecule has 1 N–H and O–H groups in total. The molecule has 1 aliphatic heterocycles. The number of aliphatic hydroxyl groups excluding tert-OH is 1. The molecular weight excluding hydrogens is 496 g/mol. The minimum absolute atomic E-state index is 0.101. The first-order valence-corrected chi connectivity index (χ1v) is 12.3. The van der Waals surface area contributed by atoms with Gasteiger partial charge in [0.15, 0.2) is 17.3 Å². The number of aliphatic imine (C=N–C) groups is 1. The number of benzene rings is 2. The van der Waals surface area contributed by atoms with Crippen molar-refractivity contribution in [2.24, 2.45) is 4.99 Å². The Morgan fingerprint density at radius 2 is 1.74 bits per heavy atom. The van der Waals surface area contributed by atoms with Gasteiger partial charge in [0.1, 0.15) is 6.33 Å². The molecule has 4 heterocycles. The Kier molecular flexibility index (Phi) is 6.29. The fourth-order valence-corrected chi connectivity index (χ4v) is 4.90. The Balaban J connectivity index is 1.47. The van der Waals surface area contributed by atoms with E-state index < -0.39 is 0 Å². The lowest BCUT2D eigenvalue weighted by atomic mass is 9.90. The summed E-state index contributed by atoms with van der Waals surface area (Å²) in [6.07, 6.45) is 8.69. The monoisotopic (exact) mass is 520 g/mol. The number of hydrogen-bond acceptors (Lipinski definition) is 9. The molecule has 0 fully saturated rings. The Morgan fingerprint density at radius 1 is 0.949 bits per heavy atom. The normalized spacial score (nSPS) is 14.5. The van der Waals surface area contributed by atoms with E-state index in [0.717, 1.165) is 27.8 Å². The second kappa shape index (κ2) is 10.1. The number of fused-ring (bicyclic) bond motifs is 2. The molecule has 1 atom stereocenters. The number of rotatable bonds is 6. The van der Waals surface area contributed by atoms with E-state index in [4.69, 9.17) is 14.5 Å². The number of aromatic nitrogens is 5. The summed E-state index contributed by atoms with van der Waals surface area (Å²) < 4.78 is 12.3. The summed E-state index contributed by atoms with van der Waals surface area (Å²) in [6.45, 7) is -0.101. The molecule has 0 saturated carbocycles. The van der Waals surface area contributed by atoms with E-state index >= 15 is 0 Å². The Bertz CT molecular complexity index is 1780. The molecule has 39 heavy (non-hydrogen) atoms. The lowest BCUT2D eigenvalue weighted by molar-refractivity contribution is 0.265. The summed E-state index contributed by atoms with van der Waals surface area (Å²) in [7, 11) is 3.17. The van der Waals surface area contributed by atoms with Crippen LogP contribution in [0.15, 0.2) is 83.4 Å². The quantitative estimate of drug-likeness (QED) is 0.362. The standard InChI is InChI=1S/C29H24N6O4/c1-38-25-9-18-8-20(15-36)34-28(23(18)11-26(25)39-2)17-6-7-32-27(10-17)35-29(37)22-5-3-4-21(24(22)14-33-35)19-12-30-16-31-13-19/h3-7,9-14,16,20,36H,8,15H2,1-2H3/t20-/m0/s1. The van der Waals surface area contributed by atoms with Crippen LogP contribution in [0.5, 0.6) is 11.5 Å². The van der Waals surface area contributed by atoms with Crippen LogP contribution in [-0.4, -0.2) is 62.4 Å². The third-order valence-corrected chi connectivity index (χ3v) is 6.78. The SMILES string of the molecule is COc1cc2c(cc1OC)C(c1ccnc(-n3ncc4c(-c5cncnc5)cccc4c3=O)c1)=N[C@H](CO)C2. The Morgan fingerprint density at radius 3 is 2.51 bits per heavy atom. The van der Waals surface area contributed by atoms with Crippen LogP contribution in [0.1, 0.15) is 16.7 Å². The van der Waals surface area contributed by atoms with Crippen molar-refractivity contribution in [2.75, 3.05) is 20.8 Å². The van der Waals surface area contributed by atoms with E-state index in [9.17, 15) is 9.90 Å². The molecule has 10 nitrogen and oxygen atoms in total. The lowest BCUT2D eigenvalue weighted by Crippen LogP contribution is -2.25.